The molecular weight excluding hydrogens is 400 g/mol. The van der Waals surface area contributed by atoms with Crippen LogP contribution in [0.3, 0.4) is 0 Å². The molecule has 0 fully saturated rings. The molecule has 114 valence electrons. The highest BCUT2D eigenvalue weighted by Gasteiger charge is 2.34. The van der Waals surface area contributed by atoms with Crippen molar-refractivity contribution in [3.63, 3.8) is 0 Å². The van der Waals surface area contributed by atoms with E-state index in [9.17, 15) is 18.3 Å². The maximum absolute atomic E-state index is 12.8. The topological polar surface area (TPSA) is 47.3 Å². The highest BCUT2D eigenvalue weighted by molar-refractivity contribution is 14.1. The Morgan fingerprint density at radius 3 is 2.67 bits per heavy atom. The first-order valence-corrected chi connectivity index (χ1v) is 7.09. The van der Waals surface area contributed by atoms with Gasteiger partial charge in [-0.25, -0.2) is 4.98 Å². The molecule has 2 rings (SSSR count). The summed E-state index contributed by atoms with van der Waals surface area (Å²) in [5, 5.41) is 9.84. The molecule has 1 N–H and O–H groups in total. The lowest BCUT2D eigenvalue weighted by Gasteiger charge is -2.16. The lowest BCUT2D eigenvalue weighted by molar-refractivity contribution is -0.139. The number of aliphatic hydroxyl groups excluding tert-OH is 1. The standard InChI is InChI=1S/C13H12F3IN2O2/c14-13(15,16)10-3-1-2-4-11(10)21-8-9(20)7-19-6-5-18-12(19)17/h1-6,9,20H,7-8H2. The Hall–Kier alpha value is -1.29. The third-order valence-corrected chi connectivity index (χ3v) is 3.59. The van der Waals surface area contributed by atoms with Gasteiger partial charge in [0.05, 0.1) is 12.1 Å². The van der Waals surface area contributed by atoms with Crippen LogP contribution in [0.2, 0.25) is 0 Å². The van der Waals surface area contributed by atoms with E-state index in [1.165, 1.54) is 18.2 Å². The molecule has 0 aliphatic heterocycles. The van der Waals surface area contributed by atoms with Crippen molar-refractivity contribution in [1.29, 1.82) is 0 Å². The minimum Gasteiger partial charge on any atom is -0.490 e. The first kappa shape index (κ1) is 16.1. The summed E-state index contributed by atoms with van der Waals surface area (Å²) in [6.07, 6.45) is -2.17. The van der Waals surface area contributed by atoms with Gasteiger partial charge in [-0.1, -0.05) is 12.1 Å². The van der Waals surface area contributed by atoms with Crippen LogP contribution in [-0.4, -0.2) is 27.4 Å². The van der Waals surface area contributed by atoms with E-state index in [2.05, 4.69) is 4.98 Å². The number of halogens is 4. The van der Waals surface area contributed by atoms with Crippen LogP contribution < -0.4 is 4.74 Å². The maximum Gasteiger partial charge on any atom is 0.419 e. The zero-order valence-corrected chi connectivity index (χ0v) is 12.9. The number of benzene rings is 1. The van der Waals surface area contributed by atoms with Crippen LogP contribution in [-0.2, 0) is 12.7 Å². The van der Waals surface area contributed by atoms with Gasteiger partial charge in [0.2, 0.25) is 0 Å². The van der Waals surface area contributed by atoms with Gasteiger partial charge >= 0.3 is 6.18 Å². The molecule has 1 unspecified atom stereocenters. The molecule has 1 aromatic heterocycles. The number of rotatable bonds is 5. The Labute approximate surface area is 132 Å². The highest BCUT2D eigenvalue weighted by Crippen LogP contribution is 2.35. The van der Waals surface area contributed by atoms with E-state index in [1.807, 2.05) is 22.6 Å². The number of imidazole rings is 1. The second-order valence-corrected chi connectivity index (χ2v) is 5.27. The maximum atomic E-state index is 12.8. The van der Waals surface area contributed by atoms with Crippen LogP contribution in [0.25, 0.3) is 0 Å². The number of nitrogens with zero attached hydrogens (tertiary/aromatic N) is 2. The van der Waals surface area contributed by atoms with Crippen molar-refractivity contribution in [1.82, 2.24) is 9.55 Å². The van der Waals surface area contributed by atoms with Gasteiger partial charge in [-0.15, -0.1) is 0 Å². The second kappa shape index (κ2) is 6.65. The van der Waals surface area contributed by atoms with E-state index >= 15 is 0 Å². The molecule has 1 heterocycles. The minimum atomic E-state index is -4.48. The van der Waals surface area contributed by atoms with E-state index in [-0.39, 0.29) is 18.9 Å². The van der Waals surface area contributed by atoms with Gasteiger partial charge in [0.25, 0.3) is 0 Å². The first-order valence-electron chi connectivity index (χ1n) is 6.01. The molecule has 0 bridgehead atoms. The zero-order valence-electron chi connectivity index (χ0n) is 10.7. The highest BCUT2D eigenvalue weighted by atomic mass is 127. The van der Waals surface area contributed by atoms with Gasteiger partial charge < -0.3 is 14.4 Å². The third-order valence-electron chi connectivity index (χ3n) is 2.70. The SMILES string of the molecule is OC(COc1ccccc1C(F)(F)F)Cn1ccnc1I. The molecule has 21 heavy (non-hydrogen) atoms. The largest absolute Gasteiger partial charge is 0.490 e. The predicted octanol–water partition coefficient (Wildman–Crippen LogP) is 2.95. The Balaban J connectivity index is 1.99. The summed E-state index contributed by atoms with van der Waals surface area (Å²) in [5.41, 5.74) is -0.852. The molecule has 0 spiro atoms. The summed E-state index contributed by atoms with van der Waals surface area (Å²) in [7, 11) is 0. The van der Waals surface area contributed by atoms with Crippen molar-refractivity contribution in [2.45, 2.75) is 18.8 Å². The number of alkyl halides is 3. The molecule has 0 amide bonds. The number of hydrogen-bond acceptors (Lipinski definition) is 3. The van der Waals surface area contributed by atoms with Crippen molar-refractivity contribution in [2.24, 2.45) is 0 Å². The average Bonchev–Trinajstić information content (AvgIpc) is 2.81. The minimum absolute atomic E-state index is 0.201. The van der Waals surface area contributed by atoms with Crippen molar-refractivity contribution in [3.8, 4) is 5.75 Å². The molecule has 4 nitrogen and oxygen atoms in total. The fourth-order valence-electron chi connectivity index (χ4n) is 1.74. The summed E-state index contributed by atoms with van der Waals surface area (Å²) < 4.78 is 45.8. The van der Waals surface area contributed by atoms with Crippen molar-refractivity contribution in [3.05, 3.63) is 46.1 Å². The van der Waals surface area contributed by atoms with E-state index in [0.29, 0.717) is 3.83 Å². The van der Waals surface area contributed by atoms with E-state index in [1.54, 1.807) is 17.0 Å². The van der Waals surface area contributed by atoms with Gasteiger partial charge in [0, 0.05) is 12.4 Å². The van der Waals surface area contributed by atoms with Gasteiger partial charge in [-0.2, -0.15) is 13.2 Å². The quantitative estimate of drug-likeness (QED) is 0.769. The van der Waals surface area contributed by atoms with Crippen molar-refractivity contribution < 1.29 is 23.0 Å². The zero-order chi connectivity index (χ0) is 15.5. The van der Waals surface area contributed by atoms with Crippen LogP contribution in [0.4, 0.5) is 13.2 Å². The molecule has 0 saturated heterocycles. The molecule has 2 aromatic rings. The smallest absolute Gasteiger partial charge is 0.419 e. The van der Waals surface area contributed by atoms with E-state index in [4.69, 9.17) is 4.74 Å². The summed E-state index contributed by atoms with van der Waals surface area (Å²) in [5.74, 6) is -0.288. The number of aliphatic hydroxyl groups is 1. The lowest BCUT2D eigenvalue weighted by atomic mass is 10.2. The summed E-state index contributed by atoms with van der Waals surface area (Å²) >= 11 is 2.00. The number of para-hydroxylation sites is 1. The fraction of sp³-hybridized carbons (Fsp3) is 0.308. The van der Waals surface area contributed by atoms with Crippen molar-refractivity contribution in [2.75, 3.05) is 6.61 Å². The Kier molecular flexibility index (Phi) is 5.09. The van der Waals surface area contributed by atoms with E-state index in [0.717, 1.165) is 6.07 Å². The molecule has 0 radical (unpaired) electrons. The molecule has 0 aliphatic rings. The molecule has 1 aromatic carbocycles. The van der Waals surface area contributed by atoms with Crippen LogP contribution in [0.15, 0.2) is 36.7 Å². The molecule has 0 saturated carbocycles. The number of ether oxygens (including phenoxy) is 1. The van der Waals surface area contributed by atoms with Gasteiger partial charge in [-0.05, 0) is 34.7 Å². The normalized spacial score (nSPS) is 13.2. The lowest BCUT2D eigenvalue weighted by Crippen LogP contribution is -2.24. The molecule has 8 heteroatoms. The summed E-state index contributed by atoms with van der Waals surface area (Å²) in [6, 6.07) is 4.92. The van der Waals surface area contributed by atoms with Crippen LogP contribution >= 0.6 is 22.6 Å². The van der Waals surface area contributed by atoms with Gasteiger partial charge in [-0.3, -0.25) is 0 Å². The number of aromatic nitrogens is 2. The van der Waals surface area contributed by atoms with Gasteiger partial charge in [0.15, 0.2) is 3.83 Å². The Bertz CT molecular complexity index is 601. The molecule has 0 aliphatic carbocycles. The summed E-state index contributed by atoms with van der Waals surface area (Å²) in [4.78, 5) is 3.98. The Morgan fingerprint density at radius 1 is 1.33 bits per heavy atom. The number of hydrogen-bond donors (Lipinski definition) is 1. The monoisotopic (exact) mass is 412 g/mol. The molecular formula is C13H12F3IN2O2. The Morgan fingerprint density at radius 2 is 2.05 bits per heavy atom. The van der Waals surface area contributed by atoms with E-state index < -0.39 is 17.8 Å². The van der Waals surface area contributed by atoms with Crippen LogP contribution in [0, 0.1) is 3.83 Å². The average molecular weight is 412 g/mol. The van der Waals surface area contributed by atoms with Crippen LogP contribution in [0.5, 0.6) is 5.75 Å². The van der Waals surface area contributed by atoms with Crippen molar-refractivity contribution >= 4 is 22.6 Å². The van der Waals surface area contributed by atoms with Gasteiger partial charge in [0.1, 0.15) is 18.5 Å². The van der Waals surface area contributed by atoms with Crippen LogP contribution in [0.1, 0.15) is 5.56 Å². The second-order valence-electron chi connectivity index (χ2n) is 4.31. The first-order chi connectivity index (χ1) is 9.88. The summed E-state index contributed by atoms with van der Waals surface area (Å²) in [6.45, 7) is -0.0339. The molecule has 1 atom stereocenters. The fourth-order valence-corrected chi connectivity index (χ4v) is 2.26. The predicted molar refractivity (Wildman–Crippen MR) is 77.9 cm³/mol. The third kappa shape index (κ3) is 4.34.